The van der Waals surface area contributed by atoms with E-state index in [0.717, 1.165) is 0 Å². The van der Waals surface area contributed by atoms with Crippen molar-refractivity contribution in [1.82, 2.24) is 0 Å². The maximum absolute atomic E-state index is 5.96. The zero-order chi connectivity index (χ0) is 2.71. The minimum atomic E-state index is 0. The SMILES string of the molecule is [C-]#CC.[V].[V].[V].[V]. The quantitative estimate of drug-likeness (QED) is 0.431. The third-order valence-corrected chi connectivity index (χ3v) is 0. The molecule has 0 aliphatic heterocycles. The van der Waals surface area contributed by atoms with E-state index in [1.807, 2.05) is 5.92 Å². The topological polar surface area (TPSA) is 0 Å². The fourth-order valence-electron chi connectivity index (χ4n) is 0. The summed E-state index contributed by atoms with van der Waals surface area (Å²) in [5.74, 6) is 2.00. The van der Waals surface area contributed by atoms with Gasteiger partial charge in [0.05, 0.1) is 0 Å². The maximum atomic E-state index is 5.96. The summed E-state index contributed by atoms with van der Waals surface area (Å²) in [6.07, 6.45) is 5.96. The van der Waals surface area contributed by atoms with Crippen LogP contribution >= 0.6 is 0 Å². The normalized spacial score (nSPS) is 1.14. The Bertz CT molecular complexity index is 28.4. The zero-order valence-electron chi connectivity index (χ0n) is 3.79. The van der Waals surface area contributed by atoms with Crippen molar-refractivity contribution in [2.45, 2.75) is 6.92 Å². The first-order valence-electron chi connectivity index (χ1n) is 0.750. The van der Waals surface area contributed by atoms with E-state index in [1.54, 1.807) is 6.92 Å². The Kier molecular flexibility index (Phi) is 234. The van der Waals surface area contributed by atoms with Crippen LogP contribution in [0, 0.1) is 12.3 Å². The molecule has 0 atom stereocenters. The van der Waals surface area contributed by atoms with Crippen molar-refractivity contribution in [3.05, 3.63) is 6.42 Å². The molecular formula is C3H3V4-. The Balaban J connectivity index is -0.00000000333. The molecule has 0 aromatic rings. The molecule has 0 saturated heterocycles. The van der Waals surface area contributed by atoms with Crippen molar-refractivity contribution in [3.8, 4) is 5.92 Å². The van der Waals surface area contributed by atoms with E-state index in [2.05, 4.69) is 0 Å². The van der Waals surface area contributed by atoms with Crippen molar-refractivity contribution >= 4 is 0 Å². The third-order valence-electron chi connectivity index (χ3n) is 0. The predicted molar refractivity (Wildman–Crippen MR) is 12.8 cm³/mol. The first-order chi connectivity index (χ1) is 1.41. The van der Waals surface area contributed by atoms with Gasteiger partial charge in [0.2, 0.25) is 0 Å². The summed E-state index contributed by atoms with van der Waals surface area (Å²) >= 11 is 0. The van der Waals surface area contributed by atoms with Crippen LogP contribution in [0.25, 0.3) is 0 Å². The second kappa shape index (κ2) is 44.8. The molecule has 0 N–H and O–H groups in total. The average Bonchev–Trinajstić information content (AvgIpc) is 0.918. The van der Waals surface area contributed by atoms with Crippen LogP contribution in [0.3, 0.4) is 0 Å². The van der Waals surface area contributed by atoms with Crippen LogP contribution in [0.1, 0.15) is 6.92 Å². The zero-order valence-corrected chi connectivity index (χ0v) is 9.38. The Labute approximate surface area is 92.5 Å². The van der Waals surface area contributed by atoms with Gasteiger partial charge in [-0.2, -0.15) is 0 Å². The van der Waals surface area contributed by atoms with Gasteiger partial charge in [-0.05, 0) is 6.92 Å². The molecule has 0 fully saturated rings. The van der Waals surface area contributed by atoms with E-state index in [4.69, 9.17) is 6.42 Å². The first kappa shape index (κ1) is 36.5. The maximum Gasteiger partial charge on any atom is 0 e. The molecule has 0 nitrogen and oxygen atoms in total. The second-order valence-electron chi connectivity index (χ2n) is 0.250. The van der Waals surface area contributed by atoms with Gasteiger partial charge in [0.1, 0.15) is 0 Å². The molecule has 0 aliphatic carbocycles. The first-order valence-corrected chi connectivity index (χ1v) is 0.750. The van der Waals surface area contributed by atoms with Crippen molar-refractivity contribution in [1.29, 1.82) is 0 Å². The van der Waals surface area contributed by atoms with Gasteiger partial charge in [-0.3, -0.25) is 0 Å². The third kappa shape index (κ3) is 76.3. The van der Waals surface area contributed by atoms with E-state index < -0.39 is 0 Å². The van der Waals surface area contributed by atoms with Crippen LogP contribution < -0.4 is 0 Å². The van der Waals surface area contributed by atoms with E-state index in [-0.39, 0.29) is 74.2 Å². The molecule has 4 radical (unpaired) electrons. The smallest absolute Gasteiger partial charge is 0 e. The van der Waals surface area contributed by atoms with Gasteiger partial charge >= 0.3 is 0 Å². The van der Waals surface area contributed by atoms with Crippen molar-refractivity contribution in [2.75, 3.05) is 0 Å². The molecule has 7 heavy (non-hydrogen) atoms. The van der Waals surface area contributed by atoms with E-state index in [9.17, 15) is 0 Å². The fraction of sp³-hybridized carbons (Fsp3) is 0.333. The van der Waals surface area contributed by atoms with Crippen molar-refractivity contribution < 1.29 is 74.2 Å². The summed E-state index contributed by atoms with van der Waals surface area (Å²) in [7, 11) is 0. The Morgan fingerprint density at radius 2 is 1.00 bits per heavy atom. The molecule has 0 bridgehead atoms. The summed E-state index contributed by atoms with van der Waals surface area (Å²) in [5.41, 5.74) is 0. The summed E-state index contributed by atoms with van der Waals surface area (Å²) in [6, 6.07) is 0. The number of hydrogen-bond acceptors (Lipinski definition) is 0. The molecule has 0 aromatic carbocycles. The standard InChI is InChI=1S/C3H3.4V/c1-3-2;;;;/h1H3;;;;/q-1;;;;. The molecule has 0 amide bonds. The molecule has 0 spiro atoms. The number of rotatable bonds is 0. The van der Waals surface area contributed by atoms with Gasteiger partial charge in [-0.15, -0.1) is 0 Å². The largest absolute Gasteiger partial charge is 0.694 e. The molecule has 36 valence electrons. The molecule has 0 aliphatic rings. The predicted octanol–water partition coefficient (Wildman–Crippen LogP) is 0.586. The van der Waals surface area contributed by atoms with Crippen LogP contribution in [0.2, 0.25) is 0 Å². The summed E-state index contributed by atoms with van der Waals surface area (Å²) in [6.45, 7) is 1.54. The van der Waals surface area contributed by atoms with Gasteiger partial charge < -0.3 is 12.3 Å². The van der Waals surface area contributed by atoms with Crippen molar-refractivity contribution in [3.63, 3.8) is 0 Å². The monoisotopic (exact) mass is 243 g/mol. The molecule has 4 heteroatoms. The molecule has 0 saturated carbocycles. The van der Waals surface area contributed by atoms with Gasteiger partial charge in [0.25, 0.3) is 0 Å². The Morgan fingerprint density at radius 1 is 1.00 bits per heavy atom. The van der Waals surface area contributed by atoms with Crippen LogP contribution in [0.5, 0.6) is 0 Å². The number of hydrogen-bond donors (Lipinski definition) is 0. The molecule has 0 unspecified atom stereocenters. The Morgan fingerprint density at radius 3 is 1.00 bits per heavy atom. The minimum absolute atomic E-state index is 0. The van der Waals surface area contributed by atoms with Crippen LogP contribution in [-0.2, 0) is 74.2 Å². The van der Waals surface area contributed by atoms with Crippen molar-refractivity contribution in [2.24, 2.45) is 0 Å². The molecule has 0 heterocycles. The van der Waals surface area contributed by atoms with Crippen LogP contribution in [0.15, 0.2) is 0 Å². The van der Waals surface area contributed by atoms with Crippen LogP contribution in [-0.4, -0.2) is 0 Å². The molecule has 0 rings (SSSR count). The van der Waals surface area contributed by atoms with E-state index >= 15 is 0 Å². The van der Waals surface area contributed by atoms with Gasteiger partial charge in [-0.25, -0.2) is 0 Å². The molecular weight excluding hydrogens is 240 g/mol. The second-order valence-corrected chi connectivity index (χ2v) is 0.250. The summed E-state index contributed by atoms with van der Waals surface area (Å²) < 4.78 is 0. The fourth-order valence-corrected chi connectivity index (χ4v) is 0. The average molecular weight is 243 g/mol. The Hall–Kier alpha value is 1.90. The summed E-state index contributed by atoms with van der Waals surface area (Å²) in [5, 5.41) is 0. The summed E-state index contributed by atoms with van der Waals surface area (Å²) in [4.78, 5) is 0. The molecule has 0 aromatic heterocycles. The van der Waals surface area contributed by atoms with E-state index in [1.165, 1.54) is 0 Å². The van der Waals surface area contributed by atoms with Gasteiger partial charge in [0.15, 0.2) is 0 Å². The minimum Gasteiger partial charge on any atom is -0.694 e. The van der Waals surface area contributed by atoms with Gasteiger partial charge in [0, 0.05) is 74.2 Å². The van der Waals surface area contributed by atoms with Crippen LogP contribution in [0.4, 0.5) is 0 Å². The van der Waals surface area contributed by atoms with Gasteiger partial charge in [-0.1, -0.05) is 0 Å². The van der Waals surface area contributed by atoms with E-state index in [0.29, 0.717) is 0 Å².